The molecule has 90 valence electrons. The molecule has 0 spiro atoms. The van der Waals surface area contributed by atoms with E-state index in [9.17, 15) is 4.39 Å². The summed E-state index contributed by atoms with van der Waals surface area (Å²) >= 11 is 0. The largest absolute Gasteiger partial charge is 0.353 e. The zero-order valence-corrected chi connectivity index (χ0v) is 9.67. The van der Waals surface area contributed by atoms with E-state index in [2.05, 4.69) is 20.1 Å². The summed E-state index contributed by atoms with van der Waals surface area (Å²) in [7, 11) is 0. The van der Waals surface area contributed by atoms with Crippen molar-refractivity contribution < 1.29 is 4.39 Å². The van der Waals surface area contributed by atoms with E-state index in [1.807, 2.05) is 17.5 Å². The monoisotopic (exact) mass is 235 g/mol. The van der Waals surface area contributed by atoms with E-state index in [0.717, 1.165) is 17.3 Å². The summed E-state index contributed by atoms with van der Waals surface area (Å²) in [6.07, 6.45) is 4.03. The Kier molecular flexibility index (Phi) is 2.42. The zero-order chi connectivity index (χ0) is 11.8. The fraction of sp³-hybridized carbons (Fsp3) is 0.545. The topological polar surface area (TPSA) is 46.3 Å². The Morgan fingerprint density at radius 2 is 2.06 bits per heavy atom. The van der Waals surface area contributed by atoms with Crippen LogP contribution >= 0.6 is 0 Å². The van der Waals surface area contributed by atoms with Gasteiger partial charge >= 0.3 is 0 Å². The van der Waals surface area contributed by atoms with E-state index in [1.165, 1.54) is 0 Å². The number of halogens is 1. The number of anilines is 1. The Hall–Kier alpha value is -1.72. The minimum Gasteiger partial charge on any atom is -0.353 e. The van der Waals surface area contributed by atoms with Gasteiger partial charge in [-0.3, -0.25) is 4.40 Å². The van der Waals surface area contributed by atoms with Crippen molar-refractivity contribution in [1.82, 2.24) is 19.6 Å². The minimum absolute atomic E-state index is 0.565. The number of fused-ring (bicyclic) bond motifs is 1. The van der Waals surface area contributed by atoms with Gasteiger partial charge in [0, 0.05) is 25.5 Å². The Labute approximate surface area is 98.3 Å². The Morgan fingerprint density at radius 1 is 1.29 bits per heavy atom. The third kappa shape index (κ3) is 1.73. The van der Waals surface area contributed by atoms with Crippen molar-refractivity contribution in [1.29, 1.82) is 0 Å². The SMILES string of the molecule is Cc1nnc2c(N3CCC(F)CC3)nccn12. The quantitative estimate of drug-likeness (QED) is 0.749. The van der Waals surface area contributed by atoms with Gasteiger partial charge in [-0.2, -0.15) is 0 Å². The summed E-state index contributed by atoms with van der Waals surface area (Å²) < 4.78 is 15.0. The molecule has 5 nitrogen and oxygen atoms in total. The first kappa shape index (κ1) is 10.4. The Bertz CT molecular complexity index is 530. The van der Waals surface area contributed by atoms with Crippen LogP contribution in [0.2, 0.25) is 0 Å². The van der Waals surface area contributed by atoms with Crippen molar-refractivity contribution in [3.8, 4) is 0 Å². The molecule has 0 N–H and O–H groups in total. The molecular formula is C11H14FN5. The summed E-state index contributed by atoms with van der Waals surface area (Å²) in [5.41, 5.74) is 0.752. The van der Waals surface area contributed by atoms with Crippen molar-refractivity contribution in [2.24, 2.45) is 0 Å². The molecule has 0 aromatic carbocycles. The molecule has 1 aliphatic rings. The van der Waals surface area contributed by atoms with Gasteiger partial charge in [0.05, 0.1) is 0 Å². The van der Waals surface area contributed by atoms with Crippen LogP contribution < -0.4 is 4.90 Å². The fourth-order valence-corrected chi connectivity index (χ4v) is 2.21. The molecule has 2 aromatic heterocycles. The number of rotatable bonds is 1. The lowest BCUT2D eigenvalue weighted by Crippen LogP contribution is -2.35. The van der Waals surface area contributed by atoms with Crippen LogP contribution in [0.15, 0.2) is 12.4 Å². The second-order valence-corrected chi connectivity index (χ2v) is 4.35. The molecule has 0 aliphatic carbocycles. The maximum absolute atomic E-state index is 13.1. The van der Waals surface area contributed by atoms with Crippen molar-refractivity contribution in [3.05, 3.63) is 18.2 Å². The summed E-state index contributed by atoms with van der Waals surface area (Å²) in [4.78, 5) is 6.43. The van der Waals surface area contributed by atoms with E-state index >= 15 is 0 Å². The third-order valence-electron chi connectivity index (χ3n) is 3.20. The maximum Gasteiger partial charge on any atom is 0.203 e. The standard InChI is InChI=1S/C11H14FN5/c1-8-14-15-11-10(13-4-7-17(8)11)16-5-2-9(12)3-6-16/h4,7,9H,2-3,5-6H2,1H3. The molecule has 3 heterocycles. The van der Waals surface area contributed by atoms with Crippen LogP contribution in [-0.4, -0.2) is 38.8 Å². The average Bonchev–Trinajstić information content (AvgIpc) is 2.73. The highest BCUT2D eigenvalue weighted by atomic mass is 19.1. The van der Waals surface area contributed by atoms with Gasteiger partial charge in [-0.25, -0.2) is 9.37 Å². The molecule has 2 aromatic rings. The molecule has 6 heteroatoms. The molecule has 0 radical (unpaired) electrons. The summed E-state index contributed by atoms with van der Waals surface area (Å²) in [5.74, 6) is 1.64. The molecule has 0 amide bonds. The molecule has 3 rings (SSSR count). The lowest BCUT2D eigenvalue weighted by molar-refractivity contribution is 0.277. The number of hydrogen-bond acceptors (Lipinski definition) is 4. The predicted molar refractivity (Wildman–Crippen MR) is 61.9 cm³/mol. The molecule has 17 heavy (non-hydrogen) atoms. The first-order chi connectivity index (χ1) is 8.25. The fourth-order valence-electron chi connectivity index (χ4n) is 2.21. The molecular weight excluding hydrogens is 221 g/mol. The Morgan fingerprint density at radius 3 is 2.82 bits per heavy atom. The van der Waals surface area contributed by atoms with E-state index in [-0.39, 0.29) is 0 Å². The van der Waals surface area contributed by atoms with Gasteiger partial charge in [0.2, 0.25) is 5.65 Å². The highest BCUT2D eigenvalue weighted by Crippen LogP contribution is 2.22. The van der Waals surface area contributed by atoms with Crippen LogP contribution in [0.25, 0.3) is 5.65 Å². The number of aromatic nitrogens is 4. The summed E-state index contributed by atoms with van der Waals surface area (Å²) in [5, 5.41) is 8.17. The van der Waals surface area contributed by atoms with Crippen LogP contribution in [-0.2, 0) is 0 Å². The maximum atomic E-state index is 13.1. The van der Waals surface area contributed by atoms with E-state index in [1.54, 1.807) is 6.20 Å². The lowest BCUT2D eigenvalue weighted by Gasteiger charge is -2.29. The molecule has 0 bridgehead atoms. The van der Waals surface area contributed by atoms with Crippen LogP contribution in [0.5, 0.6) is 0 Å². The van der Waals surface area contributed by atoms with Crippen molar-refractivity contribution in [3.63, 3.8) is 0 Å². The summed E-state index contributed by atoms with van der Waals surface area (Å²) in [6, 6.07) is 0. The highest BCUT2D eigenvalue weighted by molar-refractivity contribution is 5.63. The number of alkyl halides is 1. The number of nitrogens with zero attached hydrogens (tertiary/aromatic N) is 5. The van der Waals surface area contributed by atoms with E-state index < -0.39 is 6.17 Å². The third-order valence-corrected chi connectivity index (χ3v) is 3.20. The van der Waals surface area contributed by atoms with Gasteiger partial charge in [0.1, 0.15) is 12.0 Å². The molecule has 0 saturated carbocycles. The molecule has 0 atom stereocenters. The van der Waals surface area contributed by atoms with Crippen LogP contribution in [0.4, 0.5) is 10.2 Å². The van der Waals surface area contributed by atoms with Crippen molar-refractivity contribution >= 4 is 11.5 Å². The smallest absolute Gasteiger partial charge is 0.203 e. The van der Waals surface area contributed by atoms with Crippen LogP contribution in [0, 0.1) is 6.92 Å². The molecule has 1 fully saturated rings. The molecule has 1 aliphatic heterocycles. The molecule has 1 saturated heterocycles. The highest BCUT2D eigenvalue weighted by Gasteiger charge is 2.22. The number of hydrogen-bond donors (Lipinski definition) is 0. The predicted octanol–water partition coefficient (Wildman–Crippen LogP) is 1.37. The normalized spacial score (nSPS) is 17.9. The van der Waals surface area contributed by atoms with Gasteiger partial charge < -0.3 is 4.90 Å². The van der Waals surface area contributed by atoms with Gasteiger partial charge in [-0.05, 0) is 19.8 Å². The summed E-state index contributed by atoms with van der Waals surface area (Å²) in [6.45, 7) is 3.29. The first-order valence-corrected chi connectivity index (χ1v) is 5.81. The van der Waals surface area contributed by atoms with Crippen LogP contribution in [0.3, 0.4) is 0 Å². The zero-order valence-electron chi connectivity index (χ0n) is 9.67. The second-order valence-electron chi connectivity index (χ2n) is 4.35. The second kappa shape index (κ2) is 3.94. The average molecular weight is 235 g/mol. The number of piperidine rings is 1. The van der Waals surface area contributed by atoms with Crippen molar-refractivity contribution in [2.45, 2.75) is 25.9 Å². The van der Waals surface area contributed by atoms with Gasteiger partial charge in [0.15, 0.2) is 5.82 Å². The van der Waals surface area contributed by atoms with Gasteiger partial charge in [-0.15, -0.1) is 10.2 Å². The molecule has 0 unspecified atom stereocenters. The van der Waals surface area contributed by atoms with E-state index in [0.29, 0.717) is 25.9 Å². The van der Waals surface area contributed by atoms with Gasteiger partial charge in [0.25, 0.3) is 0 Å². The van der Waals surface area contributed by atoms with Crippen molar-refractivity contribution in [2.75, 3.05) is 18.0 Å². The number of aryl methyl sites for hydroxylation is 1. The van der Waals surface area contributed by atoms with Crippen LogP contribution in [0.1, 0.15) is 18.7 Å². The van der Waals surface area contributed by atoms with E-state index in [4.69, 9.17) is 0 Å². The Balaban J connectivity index is 2.00. The minimum atomic E-state index is -0.675. The van der Waals surface area contributed by atoms with Gasteiger partial charge in [-0.1, -0.05) is 0 Å². The first-order valence-electron chi connectivity index (χ1n) is 5.81. The lowest BCUT2D eigenvalue weighted by atomic mass is 10.1.